The Morgan fingerprint density at radius 3 is 2.52 bits per heavy atom. The molecule has 1 amide bonds. The SMILES string of the molecule is COc1ccc(CNC(=O)c2cncc(Nc3ccccc3OC)c2)cc1. The molecule has 1 aromatic heterocycles. The molecule has 0 saturated carbocycles. The van der Waals surface area contributed by atoms with E-state index in [1.165, 1.54) is 6.20 Å². The van der Waals surface area contributed by atoms with Crippen molar-refractivity contribution < 1.29 is 14.3 Å². The minimum Gasteiger partial charge on any atom is -0.497 e. The number of para-hydroxylation sites is 2. The Bertz CT molecular complexity index is 911. The molecule has 6 heteroatoms. The standard InChI is InChI=1S/C21H21N3O3/c1-26-18-9-7-15(8-10-18)12-23-21(25)16-11-17(14-22-13-16)24-19-5-3-4-6-20(19)27-2/h3-11,13-14,24H,12H2,1-2H3,(H,23,25). The van der Waals surface area contributed by atoms with Gasteiger partial charge < -0.3 is 20.1 Å². The van der Waals surface area contributed by atoms with E-state index < -0.39 is 0 Å². The highest BCUT2D eigenvalue weighted by molar-refractivity contribution is 5.94. The van der Waals surface area contributed by atoms with Gasteiger partial charge >= 0.3 is 0 Å². The molecule has 3 aromatic rings. The zero-order valence-corrected chi connectivity index (χ0v) is 15.2. The van der Waals surface area contributed by atoms with Gasteiger partial charge in [-0.05, 0) is 35.9 Å². The molecule has 0 saturated heterocycles. The Morgan fingerprint density at radius 1 is 1.00 bits per heavy atom. The van der Waals surface area contributed by atoms with Gasteiger partial charge in [0.1, 0.15) is 11.5 Å². The minimum absolute atomic E-state index is 0.193. The lowest BCUT2D eigenvalue weighted by atomic mass is 10.2. The number of aromatic nitrogens is 1. The van der Waals surface area contributed by atoms with Crippen molar-refractivity contribution in [3.63, 3.8) is 0 Å². The van der Waals surface area contributed by atoms with Crippen molar-refractivity contribution >= 4 is 17.3 Å². The third-order valence-corrected chi connectivity index (χ3v) is 4.00. The molecular weight excluding hydrogens is 342 g/mol. The zero-order chi connectivity index (χ0) is 19.1. The molecular formula is C21H21N3O3. The third-order valence-electron chi connectivity index (χ3n) is 4.00. The number of anilines is 2. The minimum atomic E-state index is -0.193. The Morgan fingerprint density at radius 2 is 1.78 bits per heavy atom. The molecule has 0 spiro atoms. The van der Waals surface area contributed by atoms with Crippen molar-refractivity contribution in [2.45, 2.75) is 6.54 Å². The Hall–Kier alpha value is -3.54. The predicted octanol–water partition coefficient (Wildman–Crippen LogP) is 3.77. The van der Waals surface area contributed by atoms with Crippen molar-refractivity contribution in [1.82, 2.24) is 10.3 Å². The fourth-order valence-corrected chi connectivity index (χ4v) is 2.56. The van der Waals surface area contributed by atoms with Crippen LogP contribution in [0.4, 0.5) is 11.4 Å². The summed E-state index contributed by atoms with van der Waals surface area (Å²) in [6.45, 7) is 0.424. The molecule has 0 aliphatic heterocycles. The second kappa shape index (κ2) is 8.71. The number of nitrogens with zero attached hydrogens (tertiary/aromatic N) is 1. The first-order valence-corrected chi connectivity index (χ1v) is 8.46. The molecule has 0 aliphatic rings. The van der Waals surface area contributed by atoms with Crippen LogP contribution in [0.3, 0.4) is 0 Å². The van der Waals surface area contributed by atoms with E-state index in [0.29, 0.717) is 23.5 Å². The van der Waals surface area contributed by atoms with Crippen LogP contribution in [0.25, 0.3) is 0 Å². The van der Waals surface area contributed by atoms with Crippen molar-refractivity contribution in [2.24, 2.45) is 0 Å². The van der Waals surface area contributed by atoms with Gasteiger partial charge in [-0.2, -0.15) is 0 Å². The van der Waals surface area contributed by atoms with E-state index >= 15 is 0 Å². The highest BCUT2D eigenvalue weighted by Gasteiger charge is 2.08. The van der Waals surface area contributed by atoms with E-state index in [4.69, 9.17) is 9.47 Å². The summed E-state index contributed by atoms with van der Waals surface area (Å²) in [5.74, 6) is 1.30. The van der Waals surface area contributed by atoms with Gasteiger partial charge in [-0.1, -0.05) is 24.3 Å². The average molecular weight is 363 g/mol. The highest BCUT2D eigenvalue weighted by atomic mass is 16.5. The largest absolute Gasteiger partial charge is 0.497 e. The van der Waals surface area contributed by atoms with E-state index in [0.717, 1.165) is 17.0 Å². The van der Waals surface area contributed by atoms with Gasteiger partial charge in [0.2, 0.25) is 0 Å². The molecule has 0 radical (unpaired) electrons. The lowest BCUT2D eigenvalue weighted by Crippen LogP contribution is -2.23. The van der Waals surface area contributed by atoms with Crippen LogP contribution in [0, 0.1) is 0 Å². The van der Waals surface area contributed by atoms with Gasteiger partial charge in [0, 0.05) is 12.7 Å². The number of ether oxygens (including phenoxy) is 2. The van der Waals surface area contributed by atoms with E-state index in [1.807, 2.05) is 48.5 Å². The number of amides is 1. The van der Waals surface area contributed by atoms with Crippen LogP contribution in [-0.4, -0.2) is 25.1 Å². The van der Waals surface area contributed by atoms with Crippen molar-refractivity contribution in [3.8, 4) is 11.5 Å². The molecule has 0 bridgehead atoms. The Balaban J connectivity index is 1.66. The summed E-state index contributed by atoms with van der Waals surface area (Å²) < 4.78 is 10.5. The number of carbonyl (C=O) groups excluding carboxylic acids is 1. The summed E-state index contributed by atoms with van der Waals surface area (Å²) in [5, 5.41) is 6.12. The number of benzene rings is 2. The van der Waals surface area contributed by atoms with E-state index in [2.05, 4.69) is 15.6 Å². The first-order valence-electron chi connectivity index (χ1n) is 8.46. The van der Waals surface area contributed by atoms with Crippen molar-refractivity contribution in [2.75, 3.05) is 19.5 Å². The second-order valence-electron chi connectivity index (χ2n) is 5.82. The Labute approximate surface area is 158 Å². The lowest BCUT2D eigenvalue weighted by Gasteiger charge is -2.11. The fourth-order valence-electron chi connectivity index (χ4n) is 2.56. The molecule has 138 valence electrons. The lowest BCUT2D eigenvalue weighted by molar-refractivity contribution is 0.0950. The van der Waals surface area contributed by atoms with Crippen molar-refractivity contribution in [1.29, 1.82) is 0 Å². The summed E-state index contributed by atoms with van der Waals surface area (Å²) in [6, 6.07) is 16.9. The van der Waals surface area contributed by atoms with Crippen LogP contribution >= 0.6 is 0 Å². The molecule has 6 nitrogen and oxygen atoms in total. The van der Waals surface area contributed by atoms with Gasteiger partial charge in [-0.15, -0.1) is 0 Å². The van der Waals surface area contributed by atoms with Gasteiger partial charge in [0.05, 0.1) is 37.4 Å². The number of rotatable bonds is 7. The van der Waals surface area contributed by atoms with E-state index in [1.54, 1.807) is 26.5 Å². The molecule has 1 heterocycles. The molecule has 0 atom stereocenters. The predicted molar refractivity (Wildman–Crippen MR) is 105 cm³/mol. The third kappa shape index (κ3) is 4.76. The van der Waals surface area contributed by atoms with E-state index in [9.17, 15) is 4.79 Å². The van der Waals surface area contributed by atoms with Gasteiger partial charge in [0.25, 0.3) is 5.91 Å². The molecule has 2 N–H and O–H groups in total. The monoisotopic (exact) mass is 363 g/mol. The zero-order valence-electron chi connectivity index (χ0n) is 15.2. The number of nitrogens with one attached hydrogen (secondary N) is 2. The maximum atomic E-state index is 12.4. The number of carbonyl (C=O) groups is 1. The Kier molecular flexibility index (Phi) is 5.89. The summed E-state index contributed by atoms with van der Waals surface area (Å²) in [5.41, 5.74) is 2.97. The molecule has 27 heavy (non-hydrogen) atoms. The van der Waals surface area contributed by atoms with Crippen LogP contribution in [0.2, 0.25) is 0 Å². The number of hydrogen-bond donors (Lipinski definition) is 2. The summed E-state index contributed by atoms with van der Waals surface area (Å²) in [7, 11) is 3.23. The maximum absolute atomic E-state index is 12.4. The van der Waals surface area contributed by atoms with Crippen LogP contribution in [0.5, 0.6) is 11.5 Å². The van der Waals surface area contributed by atoms with Crippen LogP contribution in [0.15, 0.2) is 67.0 Å². The second-order valence-corrected chi connectivity index (χ2v) is 5.82. The molecule has 3 rings (SSSR count). The smallest absolute Gasteiger partial charge is 0.253 e. The van der Waals surface area contributed by atoms with Gasteiger partial charge in [0.15, 0.2) is 0 Å². The molecule has 0 unspecified atom stereocenters. The topological polar surface area (TPSA) is 72.5 Å². The quantitative estimate of drug-likeness (QED) is 0.668. The first-order chi connectivity index (χ1) is 13.2. The summed E-state index contributed by atoms with van der Waals surface area (Å²) in [6.07, 6.45) is 3.20. The molecule has 0 fully saturated rings. The summed E-state index contributed by atoms with van der Waals surface area (Å²) >= 11 is 0. The van der Waals surface area contributed by atoms with Crippen LogP contribution in [-0.2, 0) is 6.54 Å². The first kappa shape index (κ1) is 18.3. The van der Waals surface area contributed by atoms with E-state index in [-0.39, 0.29) is 5.91 Å². The average Bonchev–Trinajstić information content (AvgIpc) is 2.73. The number of pyridine rings is 1. The van der Waals surface area contributed by atoms with Crippen LogP contribution in [0.1, 0.15) is 15.9 Å². The normalized spacial score (nSPS) is 10.1. The fraction of sp³-hybridized carbons (Fsp3) is 0.143. The molecule has 0 aliphatic carbocycles. The van der Waals surface area contributed by atoms with Crippen LogP contribution < -0.4 is 20.1 Å². The number of methoxy groups -OCH3 is 2. The summed E-state index contributed by atoms with van der Waals surface area (Å²) in [4.78, 5) is 16.6. The van der Waals surface area contributed by atoms with Crippen molar-refractivity contribution in [3.05, 3.63) is 78.1 Å². The maximum Gasteiger partial charge on any atom is 0.253 e. The van der Waals surface area contributed by atoms with Gasteiger partial charge in [-0.3, -0.25) is 9.78 Å². The van der Waals surface area contributed by atoms with Gasteiger partial charge in [-0.25, -0.2) is 0 Å². The highest BCUT2D eigenvalue weighted by Crippen LogP contribution is 2.26. The molecule has 2 aromatic carbocycles. The number of hydrogen-bond acceptors (Lipinski definition) is 5.